The monoisotopic (exact) mass is 641 g/mol. The molecule has 0 radical (unpaired) electrons. The first-order valence-electron chi connectivity index (χ1n) is 17.1. The Labute approximate surface area is 289 Å². The summed E-state index contributed by atoms with van der Waals surface area (Å²) < 4.78 is 4.55. The van der Waals surface area contributed by atoms with Crippen LogP contribution in [0.4, 0.5) is 5.69 Å². The van der Waals surface area contributed by atoms with Gasteiger partial charge >= 0.3 is 0 Å². The van der Waals surface area contributed by atoms with Crippen LogP contribution in [-0.4, -0.2) is 15.1 Å². The fourth-order valence-corrected chi connectivity index (χ4v) is 7.94. The second kappa shape index (κ2) is 11.2. The minimum Gasteiger partial charge on any atom is -0.344 e. The fraction of sp³-hybridized carbons (Fsp3) is 0.0667. The molecular formula is C45H31N5. The molecule has 0 bridgehead atoms. The molecule has 6 aromatic carbocycles. The molecule has 1 N–H and O–H groups in total. The highest BCUT2D eigenvalue weighted by atomic mass is 15.2. The van der Waals surface area contributed by atoms with Gasteiger partial charge < -0.3 is 9.88 Å². The first-order chi connectivity index (χ1) is 24.7. The maximum Gasteiger partial charge on any atom is 0.209 e. The van der Waals surface area contributed by atoms with Crippen molar-refractivity contribution in [3.05, 3.63) is 168 Å². The lowest BCUT2D eigenvalue weighted by Gasteiger charge is -2.29. The van der Waals surface area contributed by atoms with E-state index in [1.807, 2.05) is 18.2 Å². The smallest absolute Gasteiger partial charge is 0.209 e. The first kappa shape index (κ1) is 28.4. The minimum absolute atomic E-state index is 0.0296. The van der Waals surface area contributed by atoms with Crippen LogP contribution in [0.25, 0.3) is 60.4 Å². The SMILES string of the molecule is N#Cc1cccc(-n2c3ccccc3c3cc(-c4ccc5c(c4)c4ccccc4n5C4=Nc5ccccc5C(C5=CCCC=C5)N4)ccc32)c1. The van der Waals surface area contributed by atoms with Crippen molar-refractivity contribution in [3.8, 4) is 22.9 Å². The second-order valence-corrected chi connectivity index (χ2v) is 13.1. The van der Waals surface area contributed by atoms with Crippen molar-refractivity contribution in [3.63, 3.8) is 0 Å². The Morgan fingerprint density at radius 1 is 0.620 bits per heavy atom. The summed E-state index contributed by atoms with van der Waals surface area (Å²) in [6.45, 7) is 0. The van der Waals surface area contributed by atoms with E-state index in [0.29, 0.717) is 5.56 Å². The quantitative estimate of drug-likeness (QED) is 0.209. The average molecular weight is 642 g/mol. The molecule has 2 aliphatic rings. The highest BCUT2D eigenvalue weighted by molar-refractivity contribution is 6.16. The number of nitriles is 1. The maximum atomic E-state index is 9.59. The molecule has 0 fully saturated rings. The number of hydrogen-bond donors (Lipinski definition) is 1. The van der Waals surface area contributed by atoms with Gasteiger partial charge in [0.15, 0.2) is 0 Å². The number of para-hydroxylation sites is 3. The van der Waals surface area contributed by atoms with E-state index < -0.39 is 0 Å². The largest absolute Gasteiger partial charge is 0.344 e. The summed E-state index contributed by atoms with van der Waals surface area (Å²) in [5.74, 6) is 0.835. The van der Waals surface area contributed by atoms with Crippen LogP contribution in [-0.2, 0) is 0 Å². The van der Waals surface area contributed by atoms with Crippen LogP contribution in [0.5, 0.6) is 0 Å². The van der Waals surface area contributed by atoms with E-state index in [9.17, 15) is 5.26 Å². The molecular weight excluding hydrogens is 611 g/mol. The number of nitrogens with zero attached hydrogens (tertiary/aromatic N) is 4. The average Bonchev–Trinajstić information content (AvgIpc) is 3.70. The van der Waals surface area contributed by atoms with E-state index in [-0.39, 0.29) is 6.04 Å². The number of aromatic nitrogens is 2. The van der Waals surface area contributed by atoms with Gasteiger partial charge in [-0.05, 0) is 90.2 Å². The lowest BCUT2D eigenvalue weighted by molar-refractivity contribution is 0.720. The summed E-state index contributed by atoms with van der Waals surface area (Å²) in [5.41, 5.74) is 11.9. The fourth-order valence-electron chi connectivity index (χ4n) is 7.94. The van der Waals surface area contributed by atoms with Crippen molar-refractivity contribution < 1.29 is 0 Å². The molecule has 1 unspecified atom stereocenters. The van der Waals surface area contributed by atoms with Crippen LogP contribution in [0, 0.1) is 11.3 Å². The van der Waals surface area contributed by atoms with Crippen LogP contribution in [0.2, 0.25) is 0 Å². The van der Waals surface area contributed by atoms with Crippen LogP contribution >= 0.6 is 0 Å². The van der Waals surface area contributed by atoms with Crippen molar-refractivity contribution in [1.82, 2.24) is 14.5 Å². The third-order valence-electron chi connectivity index (χ3n) is 10.2. The zero-order valence-corrected chi connectivity index (χ0v) is 27.2. The molecule has 8 aromatic rings. The summed E-state index contributed by atoms with van der Waals surface area (Å²) in [6.07, 6.45) is 9.02. The van der Waals surface area contributed by atoms with Crippen LogP contribution < -0.4 is 5.32 Å². The Hall–Kier alpha value is -6.64. The number of hydrogen-bond acceptors (Lipinski definition) is 3. The van der Waals surface area contributed by atoms with E-state index in [1.54, 1.807) is 0 Å². The van der Waals surface area contributed by atoms with Gasteiger partial charge in [-0.2, -0.15) is 5.26 Å². The molecule has 1 aliphatic carbocycles. The van der Waals surface area contributed by atoms with Crippen LogP contribution in [0.1, 0.15) is 30.0 Å². The molecule has 0 amide bonds. The third kappa shape index (κ3) is 4.36. The highest BCUT2D eigenvalue weighted by Gasteiger charge is 2.27. The van der Waals surface area contributed by atoms with E-state index in [1.165, 1.54) is 32.7 Å². The number of allylic oxidation sites excluding steroid dienone is 2. The molecule has 0 saturated heterocycles. The van der Waals surface area contributed by atoms with Gasteiger partial charge in [-0.3, -0.25) is 4.57 Å². The van der Waals surface area contributed by atoms with Gasteiger partial charge in [-0.1, -0.05) is 91.0 Å². The van der Waals surface area contributed by atoms with Crippen molar-refractivity contribution in [2.24, 2.45) is 4.99 Å². The summed E-state index contributed by atoms with van der Waals surface area (Å²) in [4.78, 5) is 5.21. The van der Waals surface area contributed by atoms with Crippen LogP contribution in [0.3, 0.4) is 0 Å². The van der Waals surface area contributed by atoms with Crippen LogP contribution in [0.15, 0.2) is 162 Å². The molecule has 2 aromatic heterocycles. The highest BCUT2D eigenvalue weighted by Crippen LogP contribution is 2.40. The second-order valence-electron chi connectivity index (χ2n) is 13.1. The first-order valence-corrected chi connectivity index (χ1v) is 17.1. The summed E-state index contributed by atoms with van der Waals surface area (Å²) in [7, 11) is 0. The van der Waals surface area contributed by atoms with Gasteiger partial charge in [0.2, 0.25) is 5.96 Å². The zero-order valence-electron chi connectivity index (χ0n) is 27.2. The van der Waals surface area contributed by atoms with E-state index >= 15 is 0 Å². The topological polar surface area (TPSA) is 58.0 Å². The van der Waals surface area contributed by atoms with Gasteiger partial charge in [0.05, 0.1) is 45.4 Å². The predicted octanol–water partition coefficient (Wildman–Crippen LogP) is 10.9. The Kier molecular flexibility index (Phi) is 6.37. The Morgan fingerprint density at radius 2 is 1.28 bits per heavy atom. The van der Waals surface area contributed by atoms with E-state index in [0.717, 1.165) is 63.4 Å². The third-order valence-corrected chi connectivity index (χ3v) is 10.2. The maximum absolute atomic E-state index is 9.59. The van der Waals surface area contributed by atoms with Crippen molar-refractivity contribution in [2.75, 3.05) is 0 Å². The number of benzene rings is 6. The van der Waals surface area contributed by atoms with Gasteiger partial charge in [-0.25, -0.2) is 4.99 Å². The number of rotatable bonds is 3. The molecule has 5 nitrogen and oxygen atoms in total. The van der Waals surface area contributed by atoms with Gasteiger partial charge in [-0.15, -0.1) is 0 Å². The summed E-state index contributed by atoms with van der Waals surface area (Å²) >= 11 is 0. The minimum atomic E-state index is 0.0296. The summed E-state index contributed by atoms with van der Waals surface area (Å²) in [5, 5.41) is 18.2. The lowest BCUT2D eigenvalue weighted by atomic mass is 9.92. The molecule has 0 saturated carbocycles. The van der Waals surface area contributed by atoms with Crippen molar-refractivity contribution in [1.29, 1.82) is 5.26 Å². The molecule has 1 atom stereocenters. The Bertz CT molecular complexity index is 2820. The molecule has 5 heteroatoms. The van der Waals surface area contributed by atoms with E-state index in [2.05, 4.69) is 154 Å². The molecule has 0 spiro atoms. The Morgan fingerprint density at radius 3 is 2.00 bits per heavy atom. The molecule has 3 heterocycles. The van der Waals surface area contributed by atoms with Gasteiger partial charge in [0.1, 0.15) is 0 Å². The van der Waals surface area contributed by atoms with E-state index in [4.69, 9.17) is 4.99 Å². The molecule has 236 valence electrons. The number of aliphatic imine (C=N–C) groups is 1. The van der Waals surface area contributed by atoms with Gasteiger partial charge in [0.25, 0.3) is 0 Å². The Balaban J connectivity index is 1.13. The zero-order chi connectivity index (χ0) is 33.2. The lowest BCUT2D eigenvalue weighted by Crippen LogP contribution is -2.37. The normalized spacial score (nSPS) is 15.5. The molecule has 1 aliphatic heterocycles. The molecule has 10 rings (SSSR count). The standard InChI is InChI=1S/C45H31N5/c46-28-29-11-10-14-33(25-29)49-40-19-8-5-15-34(40)37-26-31(21-23-42(37)49)32-22-24-43-38(27-32)35-16-6-9-20-41(35)50(43)45-47-39-18-7-4-17-36(39)44(48-45)30-12-2-1-3-13-30/h2,4-27,44H,1,3H2,(H,47,48). The van der Waals surface area contributed by atoms with Crippen molar-refractivity contribution >= 4 is 55.3 Å². The van der Waals surface area contributed by atoms with Crippen molar-refractivity contribution in [2.45, 2.75) is 18.9 Å². The number of fused-ring (bicyclic) bond motifs is 7. The summed E-state index contributed by atoms with van der Waals surface area (Å²) in [6, 6.07) is 49.3. The molecule has 50 heavy (non-hydrogen) atoms. The van der Waals surface area contributed by atoms with Gasteiger partial charge in [0, 0.05) is 32.8 Å². The predicted molar refractivity (Wildman–Crippen MR) is 205 cm³/mol. The number of nitrogens with one attached hydrogen (secondary N) is 1.